The van der Waals surface area contributed by atoms with Crippen LogP contribution in [0.15, 0.2) is 48.5 Å². The van der Waals surface area contributed by atoms with Gasteiger partial charge in [0.15, 0.2) is 0 Å². The summed E-state index contributed by atoms with van der Waals surface area (Å²) in [4.78, 5) is 27.1. The Kier molecular flexibility index (Phi) is 9.66. The van der Waals surface area contributed by atoms with Crippen LogP contribution in [-0.2, 0) is 21.9 Å². The van der Waals surface area contributed by atoms with Gasteiger partial charge < -0.3 is 10.2 Å². The summed E-state index contributed by atoms with van der Waals surface area (Å²) in [5.41, 5.74) is 1.32. The molecule has 4 nitrogen and oxygen atoms in total. The predicted octanol–water partition coefficient (Wildman–Crippen LogP) is 5.04. The first kappa shape index (κ1) is 24.2. The molecule has 2 amide bonds. The number of nitrogens with zero attached hydrogens (tertiary/aromatic N) is 1. The van der Waals surface area contributed by atoms with E-state index in [1.807, 2.05) is 38.1 Å². The summed E-state index contributed by atoms with van der Waals surface area (Å²) in [6.45, 7) is 5.60. The van der Waals surface area contributed by atoms with Crippen molar-refractivity contribution in [2.75, 3.05) is 5.75 Å². The zero-order valence-corrected chi connectivity index (χ0v) is 19.1. The fourth-order valence-electron chi connectivity index (χ4n) is 2.80. The summed E-state index contributed by atoms with van der Waals surface area (Å²) in [5, 5.41) is 3.56. The molecule has 0 spiro atoms. The number of carbonyl (C=O) groups excluding carboxylic acids is 2. The number of hydrogen-bond donors (Lipinski definition) is 1. The summed E-state index contributed by atoms with van der Waals surface area (Å²) in [6, 6.07) is 13.1. The molecule has 0 aliphatic rings. The standard InChI is InChI=1S/C23H28ClFN2O2S/c1-4-16(2)26-23(29)17(3)27(13-18-9-6-8-12-21(18)25)22(28)15-30-14-19-10-5-7-11-20(19)24/h5-12,16-17H,4,13-15H2,1-3H3,(H,26,29)/t16-,17-/m0/s1. The van der Waals surface area contributed by atoms with E-state index in [0.29, 0.717) is 16.3 Å². The largest absolute Gasteiger partial charge is 0.352 e. The van der Waals surface area contributed by atoms with Crippen molar-refractivity contribution in [2.45, 2.75) is 51.6 Å². The van der Waals surface area contributed by atoms with Crippen molar-refractivity contribution in [3.8, 4) is 0 Å². The lowest BCUT2D eigenvalue weighted by Crippen LogP contribution is -2.50. The van der Waals surface area contributed by atoms with Crippen molar-refractivity contribution in [3.05, 3.63) is 70.5 Å². The first-order valence-electron chi connectivity index (χ1n) is 9.97. The Morgan fingerprint density at radius 2 is 1.73 bits per heavy atom. The number of rotatable bonds is 10. The number of carbonyl (C=O) groups is 2. The fourth-order valence-corrected chi connectivity index (χ4v) is 4.00. The maximum absolute atomic E-state index is 14.2. The summed E-state index contributed by atoms with van der Waals surface area (Å²) < 4.78 is 14.2. The van der Waals surface area contributed by atoms with E-state index in [0.717, 1.165) is 12.0 Å². The van der Waals surface area contributed by atoms with Gasteiger partial charge in [0, 0.05) is 28.9 Å². The number of nitrogens with one attached hydrogen (secondary N) is 1. The van der Waals surface area contributed by atoms with Crippen LogP contribution in [-0.4, -0.2) is 34.6 Å². The van der Waals surface area contributed by atoms with Crippen LogP contribution in [0.5, 0.6) is 0 Å². The van der Waals surface area contributed by atoms with Gasteiger partial charge >= 0.3 is 0 Å². The van der Waals surface area contributed by atoms with Crippen molar-refractivity contribution in [1.29, 1.82) is 0 Å². The van der Waals surface area contributed by atoms with Crippen LogP contribution in [0.4, 0.5) is 4.39 Å². The van der Waals surface area contributed by atoms with E-state index in [9.17, 15) is 14.0 Å². The van der Waals surface area contributed by atoms with Gasteiger partial charge in [-0.25, -0.2) is 4.39 Å². The minimum Gasteiger partial charge on any atom is -0.352 e. The molecular formula is C23H28ClFN2O2S. The maximum atomic E-state index is 14.2. The normalized spacial score (nSPS) is 12.8. The average molecular weight is 451 g/mol. The molecule has 1 N–H and O–H groups in total. The molecule has 0 saturated carbocycles. The monoisotopic (exact) mass is 450 g/mol. The molecule has 30 heavy (non-hydrogen) atoms. The number of amides is 2. The molecule has 0 aromatic heterocycles. The third kappa shape index (κ3) is 7.03. The van der Waals surface area contributed by atoms with Crippen molar-refractivity contribution < 1.29 is 14.0 Å². The first-order chi connectivity index (χ1) is 14.3. The Balaban J connectivity index is 2.10. The van der Waals surface area contributed by atoms with Gasteiger partial charge in [0.1, 0.15) is 11.9 Å². The second-order valence-electron chi connectivity index (χ2n) is 7.19. The molecule has 2 atom stereocenters. The highest BCUT2D eigenvalue weighted by molar-refractivity contribution is 7.99. The number of benzene rings is 2. The van der Waals surface area contributed by atoms with E-state index in [-0.39, 0.29) is 30.2 Å². The highest BCUT2D eigenvalue weighted by Gasteiger charge is 2.27. The van der Waals surface area contributed by atoms with Crippen LogP contribution in [0, 0.1) is 5.82 Å². The number of thioether (sulfide) groups is 1. The highest BCUT2D eigenvalue weighted by atomic mass is 35.5. The SMILES string of the molecule is CC[C@H](C)NC(=O)[C@H](C)N(Cc1ccccc1F)C(=O)CSCc1ccccc1Cl. The van der Waals surface area contributed by atoms with Gasteiger partial charge in [-0.3, -0.25) is 9.59 Å². The molecule has 0 radical (unpaired) electrons. The average Bonchev–Trinajstić information content (AvgIpc) is 2.73. The van der Waals surface area contributed by atoms with Crippen molar-refractivity contribution in [2.24, 2.45) is 0 Å². The molecular weight excluding hydrogens is 423 g/mol. The first-order valence-corrected chi connectivity index (χ1v) is 11.5. The molecule has 2 aromatic rings. The molecule has 0 heterocycles. The fraction of sp³-hybridized carbons (Fsp3) is 0.391. The van der Waals surface area contributed by atoms with Gasteiger partial charge in [-0.2, -0.15) is 0 Å². The third-order valence-electron chi connectivity index (χ3n) is 4.91. The van der Waals surface area contributed by atoms with Gasteiger partial charge in [0.25, 0.3) is 0 Å². The van der Waals surface area contributed by atoms with Gasteiger partial charge in [-0.1, -0.05) is 54.9 Å². The summed E-state index contributed by atoms with van der Waals surface area (Å²) >= 11 is 7.60. The topological polar surface area (TPSA) is 49.4 Å². The molecule has 0 aliphatic carbocycles. The van der Waals surface area contributed by atoms with Gasteiger partial charge in [0.2, 0.25) is 11.8 Å². The Labute approximate surface area is 187 Å². The van der Waals surface area contributed by atoms with Gasteiger partial charge in [-0.15, -0.1) is 11.8 Å². The Hall–Kier alpha value is -2.05. The van der Waals surface area contributed by atoms with Gasteiger partial charge in [-0.05, 0) is 38.0 Å². The van der Waals surface area contributed by atoms with E-state index in [4.69, 9.17) is 11.6 Å². The lowest BCUT2D eigenvalue weighted by Gasteiger charge is -2.29. The van der Waals surface area contributed by atoms with Crippen molar-refractivity contribution >= 4 is 35.2 Å². The predicted molar refractivity (Wildman–Crippen MR) is 122 cm³/mol. The maximum Gasteiger partial charge on any atom is 0.242 e. The van der Waals surface area contributed by atoms with Crippen LogP contribution >= 0.6 is 23.4 Å². The minimum absolute atomic E-state index is 0.0000362. The number of hydrogen-bond acceptors (Lipinski definition) is 3. The number of halogens is 2. The Morgan fingerprint density at radius 1 is 1.10 bits per heavy atom. The van der Waals surface area contributed by atoms with E-state index < -0.39 is 11.9 Å². The molecule has 2 aromatic carbocycles. The smallest absolute Gasteiger partial charge is 0.242 e. The van der Waals surface area contributed by atoms with Crippen LogP contribution in [0.2, 0.25) is 5.02 Å². The Bertz CT molecular complexity index is 865. The van der Waals surface area contributed by atoms with E-state index in [1.54, 1.807) is 25.1 Å². The van der Waals surface area contributed by atoms with Crippen LogP contribution < -0.4 is 5.32 Å². The molecule has 0 saturated heterocycles. The summed E-state index contributed by atoms with van der Waals surface area (Å²) in [6.07, 6.45) is 0.785. The molecule has 2 rings (SSSR count). The molecule has 0 fully saturated rings. The van der Waals surface area contributed by atoms with Crippen LogP contribution in [0.1, 0.15) is 38.3 Å². The van der Waals surface area contributed by atoms with Crippen molar-refractivity contribution in [1.82, 2.24) is 10.2 Å². The quantitative estimate of drug-likeness (QED) is 0.551. The molecule has 0 bridgehead atoms. The summed E-state index contributed by atoms with van der Waals surface area (Å²) in [5.74, 6) is -0.117. The van der Waals surface area contributed by atoms with E-state index in [2.05, 4.69) is 5.32 Å². The zero-order chi connectivity index (χ0) is 22.1. The van der Waals surface area contributed by atoms with E-state index in [1.165, 1.54) is 22.7 Å². The Morgan fingerprint density at radius 3 is 2.37 bits per heavy atom. The molecule has 7 heteroatoms. The zero-order valence-electron chi connectivity index (χ0n) is 17.5. The van der Waals surface area contributed by atoms with Crippen LogP contribution in [0.25, 0.3) is 0 Å². The molecule has 0 unspecified atom stereocenters. The molecule has 162 valence electrons. The second-order valence-corrected chi connectivity index (χ2v) is 8.58. The highest BCUT2D eigenvalue weighted by Crippen LogP contribution is 2.22. The molecule has 0 aliphatic heterocycles. The lowest BCUT2D eigenvalue weighted by molar-refractivity contribution is -0.139. The second kappa shape index (κ2) is 12.0. The lowest BCUT2D eigenvalue weighted by atomic mass is 10.1. The third-order valence-corrected chi connectivity index (χ3v) is 6.24. The minimum atomic E-state index is -0.716. The van der Waals surface area contributed by atoms with Gasteiger partial charge in [0.05, 0.1) is 5.75 Å². The van der Waals surface area contributed by atoms with Crippen molar-refractivity contribution in [3.63, 3.8) is 0 Å². The summed E-state index contributed by atoms with van der Waals surface area (Å²) in [7, 11) is 0. The van der Waals surface area contributed by atoms with E-state index >= 15 is 0 Å². The van der Waals surface area contributed by atoms with Crippen LogP contribution in [0.3, 0.4) is 0 Å².